The molecule has 0 radical (unpaired) electrons. The van der Waals surface area contributed by atoms with Gasteiger partial charge in [0.05, 0.1) is 5.57 Å². The van der Waals surface area contributed by atoms with Gasteiger partial charge in [-0.25, -0.2) is 0 Å². The van der Waals surface area contributed by atoms with Crippen LogP contribution in [0.2, 0.25) is 0 Å². The fourth-order valence-electron chi connectivity index (χ4n) is 2.35. The molecule has 0 spiro atoms. The molecule has 0 unspecified atom stereocenters. The first-order chi connectivity index (χ1) is 11.7. The highest BCUT2D eigenvalue weighted by atomic mass is 32.1. The van der Waals surface area contributed by atoms with E-state index in [-0.39, 0.29) is 11.1 Å². The molecule has 0 aliphatic carbocycles. The third kappa shape index (κ3) is 4.33. The summed E-state index contributed by atoms with van der Waals surface area (Å²) in [6, 6.07) is 13.6. The number of unbranched alkanes of at least 4 members (excludes halogenated alkanes) is 3. The van der Waals surface area contributed by atoms with E-state index in [1.807, 2.05) is 18.2 Å². The standard InChI is InChI=1S/C19H17N3S2/c1-2-3-4-5-6-15-7-8-18(23-15)19-10-9-17(24-19)16(13-22)14(11-20)12-21/h7-10H,2-6H2,1H3. The van der Waals surface area contributed by atoms with Crippen LogP contribution in [0.5, 0.6) is 0 Å². The minimum Gasteiger partial charge on any atom is -0.192 e. The lowest BCUT2D eigenvalue weighted by Gasteiger charge is -1.96. The van der Waals surface area contributed by atoms with Crippen LogP contribution in [0, 0.1) is 34.0 Å². The van der Waals surface area contributed by atoms with Gasteiger partial charge in [0.25, 0.3) is 0 Å². The van der Waals surface area contributed by atoms with Crippen LogP contribution in [0.4, 0.5) is 0 Å². The Morgan fingerprint density at radius 3 is 2.25 bits per heavy atom. The number of nitrogens with zero attached hydrogens (tertiary/aromatic N) is 3. The number of aryl methyl sites for hydroxylation is 1. The first-order valence-electron chi connectivity index (χ1n) is 7.87. The van der Waals surface area contributed by atoms with Crippen molar-refractivity contribution in [2.45, 2.75) is 39.0 Å². The van der Waals surface area contributed by atoms with Crippen molar-refractivity contribution in [1.82, 2.24) is 0 Å². The Morgan fingerprint density at radius 1 is 0.875 bits per heavy atom. The van der Waals surface area contributed by atoms with Gasteiger partial charge in [0.2, 0.25) is 0 Å². The lowest BCUT2D eigenvalue weighted by molar-refractivity contribution is 0.670. The van der Waals surface area contributed by atoms with E-state index in [9.17, 15) is 5.26 Å². The molecule has 2 aromatic rings. The maximum atomic E-state index is 9.24. The Hall–Kier alpha value is -2.39. The van der Waals surface area contributed by atoms with Crippen molar-refractivity contribution in [2.24, 2.45) is 0 Å². The van der Waals surface area contributed by atoms with Crippen molar-refractivity contribution >= 4 is 28.2 Å². The third-order valence-electron chi connectivity index (χ3n) is 3.62. The highest BCUT2D eigenvalue weighted by Gasteiger charge is 2.13. The van der Waals surface area contributed by atoms with Gasteiger partial charge >= 0.3 is 0 Å². The van der Waals surface area contributed by atoms with E-state index in [0.717, 1.165) is 11.3 Å². The average Bonchev–Trinajstić information content (AvgIpc) is 3.25. The zero-order chi connectivity index (χ0) is 17.4. The van der Waals surface area contributed by atoms with Crippen molar-refractivity contribution in [3.8, 4) is 28.0 Å². The molecule has 2 rings (SSSR count). The molecule has 120 valence electrons. The Morgan fingerprint density at radius 2 is 1.58 bits per heavy atom. The highest BCUT2D eigenvalue weighted by molar-refractivity contribution is 7.22. The quantitative estimate of drug-likeness (QED) is 0.459. The molecule has 0 N–H and O–H groups in total. The Kier molecular flexibility index (Phi) is 6.76. The number of hydrogen-bond acceptors (Lipinski definition) is 5. The van der Waals surface area contributed by atoms with E-state index in [4.69, 9.17) is 10.5 Å². The molecule has 0 amide bonds. The van der Waals surface area contributed by atoms with E-state index < -0.39 is 0 Å². The van der Waals surface area contributed by atoms with Gasteiger partial charge in [-0.05, 0) is 37.1 Å². The van der Waals surface area contributed by atoms with E-state index in [2.05, 4.69) is 19.1 Å². The molecule has 0 aromatic carbocycles. The Bertz CT molecular complexity index is 834. The number of hydrogen-bond donors (Lipinski definition) is 0. The summed E-state index contributed by atoms with van der Waals surface area (Å²) >= 11 is 3.23. The van der Waals surface area contributed by atoms with Gasteiger partial charge in [-0.1, -0.05) is 26.2 Å². The van der Waals surface area contributed by atoms with Crippen LogP contribution in [0.1, 0.15) is 42.4 Å². The first-order valence-corrected chi connectivity index (χ1v) is 9.50. The summed E-state index contributed by atoms with van der Waals surface area (Å²) in [5, 5.41) is 27.2. The van der Waals surface area contributed by atoms with Crippen molar-refractivity contribution < 1.29 is 0 Å². The van der Waals surface area contributed by atoms with Crippen molar-refractivity contribution in [1.29, 1.82) is 15.8 Å². The van der Waals surface area contributed by atoms with Crippen LogP contribution in [0.25, 0.3) is 15.3 Å². The van der Waals surface area contributed by atoms with Crippen LogP contribution in [0.3, 0.4) is 0 Å². The zero-order valence-corrected chi connectivity index (χ0v) is 15.1. The van der Waals surface area contributed by atoms with E-state index in [1.54, 1.807) is 23.5 Å². The summed E-state index contributed by atoms with van der Waals surface area (Å²) in [7, 11) is 0. The van der Waals surface area contributed by atoms with Gasteiger partial charge < -0.3 is 0 Å². The van der Waals surface area contributed by atoms with Crippen LogP contribution in [-0.4, -0.2) is 0 Å². The van der Waals surface area contributed by atoms with Gasteiger partial charge in [0, 0.05) is 19.5 Å². The largest absolute Gasteiger partial charge is 0.192 e. The van der Waals surface area contributed by atoms with Crippen LogP contribution >= 0.6 is 22.7 Å². The lowest BCUT2D eigenvalue weighted by Crippen LogP contribution is -1.81. The van der Waals surface area contributed by atoms with Crippen molar-refractivity contribution in [3.63, 3.8) is 0 Å². The molecule has 5 heteroatoms. The molecule has 0 aliphatic heterocycles. The number of nitriles is 3. The predicted octanol–water partition coefficient (Wildman–Crippen LogP) is 5.92. The fourth-order valence-corrected chi connectivity index (χ4v) is 4.49. The second-order valence-corrected chi connectivity index (χ2v) is 7.58. The zero-order valence-electron chi connectivity index (χ0n) is 13.5. The maximum Gasteiger partial charge on any atom is 0.148 e. The summed E-state index contributed by atoms with van der Waals surface area (Å²) in [6.45, 7) is 2.21. The molecule has 0 bridgehead atoms. The van der Waals surface area contributed by atoms with Crippen LogP contribution in [0.15, 0.2) is 29.8 Å². The van der Waals surface area contributed by atoms with Crippen molar-refractivity contribution in [2.75, 3.05) is 0 Å². The Labute approximate surface area is 150 Å². The molecular formula is C19H17N3S2. The van der Waals surface area contributed by atoms with E-state index in [1.165, 1.54) is 46.8 Å². The molecule has 0 saturated heterocycles. The molecule has 3 nitrogen and oxygen atoms in total. The topological polar surface area (TPSA) is 71.4 Å². The summed E-state index contributed by atoms with van der Waals surface area (Å²) in [5.41, 5.74) is 0.0290. The lowest BCUT2D eigenvalue weighted by atomic mass is 10.1. The van der Waals surface area contributed by atoms with E-state index in [0.29, 0.717) is 4.88 Å². The molecule has 2 heterocycles. The van der Waals surface area contributed by atoms with Gasteiger partial charge in [-0.15, -0.1) is 22.7 Å². The summed E-state index contributed by atoms with van der Waals surface area (Å²) in [6.07, 6.45) is 6.14. The van der Waals surface area contributed by atoms with Gasteiger partial charge in [0.1, 0.15) is 23.8 Å². The van der Waals surface area contributed by atoms with Gasteiger partial charge in [0.15, 0.2) is 0 Å². The summed E-state index contributed by atoms with van der Waals surface area (Å²) < 4.78 is 0. The normalized spacial score (nSPS) is 9.75. The SMILES string of the molecule is CCCCCCc1ccc(-c2ccc(C(C#N)=C(C#N)C#N)s2)s1. The molecule has 24 heavy (non-hydrogen) atoms. The van der Waals surface area contributed by atoms with Crippen LogP contribution < -0.4 is 0 Å². The highest BCUT2D eigenvalue weighted by Crippen LogP contribution is 2.36. The Balaban J connectivity index is 2.16. The fraction of sp³-hybridized carbons (Fsp3) is 0.316. The maximum absolute atomic E-state index is 9.24. The first kappa shape index (κ1) is 18.0. The molecule has 0 fully saturated rings. The molecule has 2 aromatic heterocycles. The van der Waals surface area contributed by atoms with Crippen molar-refractivity contribution in [3.05, 3.63) is 39.6 Å². The molecule has 0 aliphatic rings. The molecule has 0 atom stereocenters. The number of rotatable bonds is 7. The summed E-state index contributed by atoms with van der Waals surface area (Å²) in [4.78, 5) is 4.28. The van der Waals surface area contributed by atoms with Crippen LogP contribution in [-0.2, 0) is 6.42 Å². The van der Waals surface area contributed by atoms with Gasteiger partial charge in [-0.3, -0.25) is 0 Å². The molecule has 0 saturated carbocycles. The average molecular weight is 352 g/mol. The van der Waals surface area contributed by atoms with E-state index >= 15 is 0 Å². The predicted molar refractivity (Wildman–Crippen MR) is 99.2 cm³/mol. The number of thiophene rings is 2. The third-order valence-corrected chi connectivity index (χ3v) is 6.06. The monoisotopic (exact) mass is 351 g/mol. The summed E-state index contributed by atoms with van der Waals surface area (Å²) in [5.74, 6) is 0. The second kappa shape index (κ2) is 9.04. The molecular weight excluding hydrogens is 334 g/mol. The minimum atomic E-state index is -0.131. The number of allylic oxidation sites excluding steroid dienone is 2. The second-order valence-electron chi connectivity index (χ2n) is 5.33. The minimum absolute atomic E-state index is 0.131. The van der Waals surface area contributed by atoms with Gasteiger partial charge in [-0.2, -0.15) is 15.8 Å². The smallest absolute Gasteiger partial charge is 0.148 e.